The zero-order valence-electron chi connectivity index (χ0n) is 33.2. The second-order valence-corrected chi connectivity index (χ2v) is 16.2. The first-order valence-electron chi connectivity index (χ1n) is 21.0. The maximum absolute atomic E-state index is 5.02. The first kappa shape index (κ1) is 33.4. The van der Waals surface area contributed by atoms with Crippen LogP contribution in [0.15, 0.2) is 195 Å². The molecule has 6 nitrogen and oxygen atoms in total. The van der Waals surface area contributed by atoms with E-state index in [4.69, 9.17) is 19.9 Å². The number of aromatic nitrogens is 6. The Labute approximate surface area is 353 Å². The van der Waals surface area contributed by atoms with E-state index in [9.17, 15) is 0 Å². The predicted molar refractivity (Wildman–Crippen MR) is 257 cm³/mol. The summed E-state index contributed by atoms with van der Waals surface area (Å²) in [6.45, 7) is 0. The molecule has 14 rings (SSSR count). The predicted octanol–water partition coefficient (Wildman–Crippen LogP) is 14.0. The minimum absolute atomic E-state index is 0.900. The average molecular weight is 789 g/mol. The summed E-state index contributed by atoms with van der Waals surface area (Å²) >= 11 is 0. The quantitative estimate of drug-likeness (QED) is 0.167. The highest BCUT2D eigenvalue weighted by atomic mass is 15.0. The van der Waals surface area contributed by atoms with Crippen LogP contribution in [0, 0.1) is 0 Å². The molecule has 0 aliphatic heterocycles. The molecule has 0 atom stereocenters. The van der Waals surface area contributed by atoms with Crippen LogP contribution >= 0.6 is 0 Å². The van der Waals surface area contributed by atoms with Gasteiger partial charge in [0.25, 0.3) is 0 Å². The van der Waals surface area contributed by atoms with Crippen molar-refractivity contribution >= 4 is 109 Å². The number of benzene rings is 10. The van der Waals surface area contributed by atoms with Crippen LogP contribution < -0.4 is 0 Å². The molecule has 10 aromatic carbocycles. The lowest BCUT2D eigenvalue weighted by molar-refractivity contribution is 1.18. The Balaban J connectivity index is 1.04. The van der Waals surface area contributed by atoms with Crippen LogP contribution in [0.3, 0.4) is 0 Å². The molecule has 62 heavy (non-hydrogen) atoms. The lowest BCUT2D eigenvalue weighted by Crippen LogP contribution is -1.97. The van der Waals surface area contributed by atoms with Gasteiger partial charge in [0.15, 0.2) is 0 Å². The first-order chi connectivity index (χ1) is 30.8. The Morgan fingerprint density at radius 3 is 1.61 bits per heavy atom. The highest BCUT2D eigenvalue weighted by Gasteiger charge is 2.21. The lowest BCUT2D eigenvalue weighted by Gasteiger charge is -2.15. The zero-order chi connectivity index (χ0) is 40.5. The Morgan fingerprint density at radius 1 is 0.274 bits per heavy atom. The molecule has 0 amide bonds. The van der Waals surface area contributed by atoms with Crippen molar-refractivity contribution in [3.63, 3.8) is 0 Å². The SMILES string of the molecule is c1ccc(-n2c3ccccc3c3cc4c5cc(-c6cccc(-n7c8ccccc8c8ccc9c%10ccccc%10c%10nccnc%10c9c87)c6)ccc5c5nccnc5c4cc32)cc1. The van der Waals surface area contributed by atoms with Crippen molar-refractivity contribution in [3.8, 4) is 22.5 Å². The van der Waals surface area contributed by atoms with Crippen LogP contribution in [-0.2, 0) is 0 Å². The van der Waals surface area contributed by atoms with E-state index < -0.39 is 0 Å². The molecule has 286 valence electrons. The van der Waals surface area contributed by atoms with E-state index in [0.29, 0.717) is 0 Å². The van der Waals surface area contributed by atoms with Crippen molar-refractivity contribution in [2.45, 2.75) is 0 Å². The summed E-state index contributed by atoms with van der Waals surface area (Å²) in [5.41, 5.74) is 12.7. The van der Waals surface area contributed by atoms with Gasteiger partial charge in [0.2, 0.25) is 0 Å². The van der Waals surface area contributed by atoms with Gasteiger partial charge in [-0.1, -0.05) is 115 Å². The van der Waals surface area contributed by atoms with Crippen molar-refractivity contribution in [2.75, 3.05) is 0 Å². The molecule has 0 bridgehead atoms. The van der Waals surface area contributed by atoms with Gasteiger partial charge in [-0.25, -0.2) is 0 Å². The maximum atomic E-state index is 5.02. The lowest BCUT2D eigenvalue weighted by atomic mass is 9.94. The van der Waals surface area contributed by atoms with Gasteiger partial charge in [0, 0.05) is 79.3 Å². The fourth-order valence-electron chi connectivity index (χ4n) is 10.4. The number of hydrogen-bond donors (Lipinski definition) is 0. The maximum Gasteiger partial charge on any atom is 0.0993 e. The van der Waals surface area contributed by atoms with Crippen LogP contribution in [0.4, 0.5) is 0 Å². The fourth-order valence-corrected chi connectivity index (χ4v) is 10.4. The van der Waals surface area contributed by atoms with E-state index in [1.54, 1.807) is 18.6 Å². The molecule has 0 aliphatic carbocycles. The van der Waals surface area contributed by atoms with Gasteiger partial charge in [-0.05, 0) is 87.3 Å². The molecule has 0 aliphatic rings. The standard InChI is InChI=1S/C56H32N6/c1-2-12-35(13-3-1)61-48-19-8-7-17-39(48)46-31-45-44-30-34(21-22-42(44)52-54(59-26-25-57-52)47(45)32-50(46)61)33-11-10-14-36(29-33)62-49-20-9-6-16-38(49)43-24-23-40-37-15-4-5-18-41(37)53-55(51(40)56(43)62)60-28-27-58-53/h1-32H. The van der Waals surface area contributed by atoms with Crippen molar-refractivity contribution in [3.05, 3.63) is 195 Å². The molecule has 6 heteroatoms. The number of para-hydroxylation sites is 3. The van der Waals surface area contributed by atoms with Crippen molar-refractivity contribution < 1.29 is 0 Å². The monoisotopic (exact) mass is 788 g/mol. The molecule has 4 aromatic heterocycles. The first-order valence-corrected chi connectivity index (χ1v) is 21.0. The van der Waals surface area contributed by atoms with Gasteiger partial charge >= 0.3 is 0 Å². The van der Waals surface area contributed by atoms with E-state index in [1.807, 2.05) is 6.20 Å². The van der Waals surface area contributed by atoms with Crippen LogP contribution in [0.2, 0.25) is 0 Å². The van der Waals surface area contributed by atoms with Crippen LogP contribution in [0.1, 0.15) is 0 Å². The molecule has 14 aromatic rings. The van der Waals surface area contributed by atoms with Crippen molar-refractivity contribution in [1.82, 2.24) is 29.1 Å². The average Bonchev–Trinajstić information content (AvgIpc) is 3.86. The molecule has 4 heterocycles. The molecule has 0 saturated carbocycles. The molecule has 0 radical (unpaired) electrons. The molecule has 0 unspecified atom stereocenters. The molecule has 0 N–H and O–H groups in total. The Kier molecular flexibility index (Phi) is 6.74. The fraction of sp³-hybridized carbons (Fsp3) is 0. The van der Waals surface area contributed by atoms with E-state index in [0.717, 1.165) is 93.4 Å². The molecular weight excluding hydrogens is 757 g/mol. The van der Waals surface area contributed by atoms with Gasteiger partial charge in [0.05, 0.1) is 44.1 Å². The summed E-state index contributed by atoms with van der Waals surface area (Å²) in [6, 6.07) is 61.6. The second kappa shape index (κ2) is 12.5. The zero-order valence-corrected chi connectivity index (χ0v) is 33.2. The van der Waals surface area contributed by atoms with Gasteiger partial charge in [-0.15, -0.1) is 0 Å². The minimum Gasteiger partial charge on any atom is -0.309 e. The molecule has 0 saturated heterocycles. The van der Waals surface area contributed by atoms with Crippen LogP contribution in [-0.4, -0.2) is 29.1 Å². The Hall–Kier alpha value is -8.48. The number of hydrogen-bond acceptors (Lipinski definition) is 4. The molecule has 0 spiro atoms. The topological polar surface area (TPSA) is 61.4 Å². The normalized spacial score (nSPS) is 12.2. The summed E-state index contributed by atoms with van der Waals surface area (Å²) < 4.78 is 4.80. The van der Waals surface area contributed by atoms with Crippen molar-refractivity contribution in [1.29, 1.82) is 0 Å². The summed E-state index contributed by atoms with van der Waals surface area (Å²) in [6.07, 6.45) is 7.22. The summed E-state index contributed by atoms with van der Waals surface area (Å²) in [7, 11) is 0. The van der Waals surface area contributed by atoms with Gasteiger partial charge in [0.1, 0.15) is 0 Å². The summed E-state index contributed by atoms with van der Waals surface area (Å²) in [5, 5.41) is 13.8. The smallest absolute Gasteiger partial charge is 0.0993 e. The van der Waals surface area contributed by atoms with Crippen LogP contribution in [0.25, 0.3) is 131 Å². The molecular formula is C56H32N6. The third kappa shape index (κ3) is 4.52. The van der Waals surface area contributed by atoms with E-state index in [2.05, 4.69) is 179 Å². The highest BCUT2D eigenvalue weighted by molar-refractivity contribution is 6.32. The largest absolute Gasteiger partial charge is 0.309 e. The number of fused-ring (bicyclic) bond motifs is 19. The molecule has 0 fully saturated rings. The number of rotatable bonds is 3. The summed E-state index contributed by atoms with van der Waals surface area (Å²) in [5.74, 6) is 0. The summed E-state index contributed by atoms with van der Waals surface area (Å²) in [4.78, 5) is 19.8. The van der Waals surface area contributed by atoms with E-state index in [1.165, 1.54) is 37.8 Å². The van der Waals surface area contributed by atoms with Gasteiger partial charge in [-0.3, -0.25) is 19.9 Å². The Bertz CT molecular complexity index is 4190. The second-order valence-electron chi connectivity index (χ2n) is 16.2. The van der Waals surface area contributed by atoms with Gasteiger partial charge in [-0.2, -0.15) is 0 Å². The van der Waals surface area contributed by atoms with E-state index in [-0.39, 0.29) is 0 Å². The van der Waals surface area contributed by atoms with E-state index >= 15 is 0 Å². The third-order valence-corrected chi connectivity index (χ3v) is 13.0. The number of nitrogens with zero attached hydrogens (tertiary/aromatic N) is 6. The Morgan fingerprint density at radius 2 is 0.823 bits per heavy atom. The van der Waals surface area contributed by atoms with Gasteiger partial charge < -0.3 is 9.13 Å². The third-order valence-electron chi connectivity index (χ3n) is 13.0. The van der Waals surface area contributed by atoms with Crippen LogP contribution in [0.5, 0.6) is 0 Å². The minimum atomic E-state index is 0.900. The highest BCUT2D eigenvalue weighted by Crippen LogP contribution is 2.44. The van der Waals surface area contributed by atoms with Crippen molar-refractivity contribution in [2.24, 2.45) is 0 Å².